The first-order valence-corrected chi connectivity index (χ1v) is 7.31. The number of halogens is 1. The molecule has 2 nitrogen and oxygen atoms in total. The minimum Gasteiger partial charge on any atom is -0.482 e. The van der Waals surface area contributed by atoms with Gasteiger partial charge in [-0.2, -0.15) is 0 Å². The Hall–Kier alpha value is -1.80. The number of benzene rings is 2. The van der Waals surface area contributed by atoms with Gasteiger partial charge in [-0.3, -0.25) is 4.79 Å². The predicted octanol–water partition coefficient (Wildman–Crippen LogP) is 4.55. The van der Waals surface area contributed by atoms with Crippen LogP contribution in [-0.2, 0) is 10.2 Å². The van der Waals surface area contributed by atoms with Gasteiger partial charge >= 0.3 is 0 Å². The van der Waals surface area contributed by atoms with Crippen LogP contribution in [0, 0.1) is 0 Å². The molecule has 0 spiro atoms. The minimum absolute atomic E-state index is 0.0896. The van der Waals surface area contributed by atoms with Gasteiger partial charge in [0.2, 0.25) is 0 Å². The third kappa shape index (κ3) is 3.64. The molecule has 110 valence electrons. The normalized spacial score (nSPS) is 12.8. The second kappa shape index (κ2) is 6.31. The first-order valence-electron chi connectivity index (χ1n) is 6.93. The Morgan fingerprint density at radius 3 is 2.05 bits per heavy atom. The van der Waals surface area contributed by atoms with E-state index in [1.165, 1.54) is 11.1 Å². The van der Waals surface area contributed by atoms with Crippen molar-refractivity contribution in [2.45, 2.75) is 32.3 Å². The van der Waals surface area contributed by atoms with Crippen molar-refractivity contribution in [3.8, 4) is 5.75 Å². The SMILES string of the molecule is C[C@@H](Oc1ccc(C(C)(C)c2ccccc2)cc1)C(=O)Cl. The molecule has 0 heterocycles. The van der Waals surface area contributed by atoms with Crippen LogP contribution in [0.2, 0.25) is 0 Å². The Kier molecular flexibility index (Phi) is 4.69. The highest BCUT2D eigenvalue weighted by molar-refractivity contribution is 6.64. The molecule has 0 aliphatic carbocycles. The van der Waals surface area contributed by atoms with E-state index in [-0.39, 0.29) is 5.41 Å². The van der Waals surface area contributed by atoms with Crippen LogP contribution in [0.25, 0.3) is 0 Å². The van der Waals surface area contributed by atoms with E-state index in [1.54, 1.807) is 6.92 Å². The molecule has 2 rings (SSSR count). The zero-order chi connectivity index (χ0) is 15.5. The fraction of sp³-hybridized carbons (Fsp3) is 0.278. The molecule has 2 aromatic carbocycles. The molecule has 0 aromatic heterocycles. The average Bonchev–Trinajstić information content (AvgIpc) is 2.48. The van der Waals surface area contributed by atoms with Crippen molar-refractivity contribution in [2.24, 2.45) is 0 Å². The van der Waals surface area contributed by atoms with E-state index < -0.39 is 11.3 Å². The highest BCUT2D eigenvalue weighted by Gasteiger charge is 2.22. The van der Waals surface area contributed by atoms with Gasteiger partial charge in [0.1, 0.15) is 5.75 Å². The Bertz CT molecular complexity index is 603. The highest BCUT2D eigenvalue weighted by atomic mass is 35.5. The quantitative estimate of drug-likeness (QED) is 0.758. The van der Waals surface area contributed by atoms with Gasteiger partial charge in [-0.05, 0) is 41.8 Å². The van der Waals surface area contributed by atoms with Crippen molar-refractivity contribution in [3.05, 3.63) is 65.7 Å². The molecule has 0 aliphatic rings. The van der Waals surface area contributed by atoms with Crippen molar-refractivity contribution < 1.29 is 9.53 Å². The molecule has 0 saturated heterocycles. The lowest BCUT2D eigenvalue weighted by Crippen LogP contribution is -2.20. The molecule has 3 heteroatoms. The van der Waals surface area contributed by atoms with Gasteiger partial charge in [-0.15, -0.1) is 0 Å². The average molecular weight is 303 g/mol. The van der Waals surface area contributed by atoms with Gasteiger partial charge < -0.3 is 4.74 Å². The van der Waals surface area contributed by atoms with Crippen molar-refractivity contribution in [1.82, 2.24) is 0 Å². The van der Waals surface area contributed by atoms with Crippen molar-refractivity contribution >= 4 is 16.8 Å². The van der Waals surface area contributed by atoms with Crippen LogP contribution in [0.3, 0.4) is 0 Å². The van der Waals surface area contributed by atoms with Gasteiger partial charge in [0.15, 0.2) is 6.10 Å². The second-order valence-electron chi connectivity index (χ2n) is 5.58. The molecule has 0 fully saturated rings. The Morgan fingerprint density at radius 2 is 1.52 bits per heavy atom. The zero-order valence-electron chi connectivity index (χ0n) is 12.5. The number of hydrogen-bond acceptors (Lipinski definition) is 2. The monoisotopic (exact) mass is 302 g/mol. The third-order valence-corrected chi connectivity index (χ3v) is 4.01. The molecular weight excluding hydrogens is 284 g/mol. The fourth-order valence-corrected chi connectivity index (χ4v) is 2.27. The maximum absolute atomic E-state index is 11.0. The minimum atomic E-state index is -0.639. The summed E-state index contributed by atoms with van der Waals surface area (Å²) in [5.41, 5.74) is 2.35. The molecule has 0 unspecified atom stereocenters. The van der Waals surface area contributed by atoms with E-state index in [2.05, 4.69) is 26.0 Å². The summed E-state index contributed by atoms with van der Waals surface area (Å²) in [6, 6.07) is 18.1. The maximum Gasteiger partial charge on any atom is 0.262 e. The molecule has 0 amide bonds. The van der Waals surface area contributed by atoms with Crippen molar-refractivity contribution in [2.75, 3.05) is 0 Å². The molecular formula is C18H19ClO2. The zero-order valence-corrected chi connectivity index (χ0v) is 13.2. The van der Waals surface area contributed by atoms with Crippen LogP contribution < -0.4 is 4.74 Å². The van der Waals surface area contributed by atoms with Crippen LogP contribution in [0.4, 0.5) is 0 Å². The number of ether oxygens (including phenoxy) is 1. The lowest BCUT2D eigenvalue weighted by atomic mass is 9.78. The topological polar surface area (TPSA) is 26.3 Å². The fourth-order valence-electron chi connectivity index (χ4n) is 2.22. The molecule has 0 saturated carbocycles. The van der Waals surface area contributed by atoms with Gasteiger partial charge in [0, 0.05) is 5.41 Å². The van der Waals surface area contributed by atoms with E-state index in [9.17, 15) is 4.79 Å². The molecule has 0 radical (unpaired) electrons. The van der Waals surface area contributed by atoms with E-state index >= 15 is 0 Å². The summed E-state index contributed by atoms with van der Waals surface area (Å²) in [7, 11) is 0. The summed E-state index contributed by atoms with van der Waals surface area (Å²) in [4.78, 5) is 11.0. The number of hydrogen-bond donors (Lipinski definition) is 0. The van der Waals surface area contributed by atoms with Gasteiger partial charge in [0.05, 0.1) is 0 Å². The summed E-state index contributed by atoms with van der Waals surface area (Å²) in [5, 5.41) is -0.497. The van der Waals surface area contributed by atoms with Crippen LogP contribution in [0.15, 0.2) is 54.6 Å². The number of carbonyl (C=O) groups excluding carboxylic acids is 1. The van der Waals surface area contributed by atoms with E-state index in [0.717, 1.165) is 0 Å². The standard InChI is InChI=1S/C18H19ClO2/c1-13(17(19)20)21-16-11-9-15(10-12-16)18(2,3)14-7-5-4-6-8-14/h4-13H,1-3H3/t13-/m1/s1. The maximum atomic E-state index is 11.0. The van der Waals surface area contributed by atoms with Crippen molar-refractivity contribution in [1.29, 1.82) is 0 Å². The van der Waals surface area contributed by atoms with Crippen molar-refractivity contribution in [3.63, 3.8) is 0 Å². The van der Waals surface area contributed by atoms with Gasteiger partial charge in [0.25, 0.3) is 5.24 Å². The van der Waals surface area contributed by atoms with E-state index in [4.69, 9.17) is 16.3 Å². The molecule has 2 aromatic rings. The van der Waals surface area contributed by atoms with Crippen LogP contribution in [0.5, 0.6) is 5.75 Å². The summed E-state index contributed by atoms with van der Waals surface area (Å²) in [5.74, 6) is 0.643. The smallest absolute Gasteiger partial charge is 0.262 e. The lowest BCUT2D eigenvalue weighted by molar-refractivity contribution is -0.117. The van der Waals surface area contributed by atoms with E-state index in [0.29, 0.717) is 5.75 Å². The largest absolute Gasteiger partial charge is 0.482 e. The first-order chi connectivity index (χ1) is 9.91. The van der Waals surface area contributed by atoms with Crippen LogP contribution in [0.1, 0.15) is 31.9 Å². The number of carbonyl (C=O) groups is 1. The van der Waals surface area contributed by atoms with E-state index in [1.807, 2.05) is 42.5 Å². The first kappa shape index (κ1) is 15.6. The molecule has 0 aliphatic heterocycles. The Morgan fingerprint density at radius 1 is 1.00 bits per heavy atom. The molecule has 0 N–H and O–H groups in total. The van der Waals surface area contributed by atoms with Crippen LogP contribution >= 0.6 is 11.6 Å². The van der Waals surface area contributed by atoms with Gasteiger partial charge in [-0.1, -0.05) is 56.3 Å². The summed E-state index contributed by atoms with van der Waals surface area (Å²) < 4.78 is 5.47. The third-order valence-electron chi connectivity index (χ3n) is 3.70. The highest BCUT2D eigenvalue weighted by Crippen LogP contribution is 2.32. The summed E-state index contributed by atoms with van der Waals surface area (Å²) >= 11 is 5.40. The lowest BCUT2D eigenvalue weighted by Gasteiger charge is -2.26. The summed E-state index contributed by atoms with van der Waals surface area (Å²) in [6.45, 7) is 6.00. The Balaban J connectivity index is 2.21. The van der Waals surface area contributed by atoms with Gasteiger partial charge in [-0.25, -0.2) is 0 Å². The molecule has 0 bridgehead atoms. The molecule has 1 atom stereocenters. The Labute approximate surface area is 130 Å². The second-order valence-corrected chi connectivity index (χ2v) is 5.95. The van der Waals surface area contributed by atoms with Crippen LogP contribution in [-0.4, -0.2) is 11.3 Å². The predicted molar refractivity (Wildman–Crippen MR) is 86.0 cm³/mol. The molecule has 21 heavy (non-hydrogen) atoms. The number of rotatable bonds is 5. The summed E-state index contributed by atoms with van der Waals surface area (Å²) in [6.07, 6.45) is -0.639.